The van der Waals surface area contributed by atoms with Crippen LogP contribution in [0.15, 0.2) is 18.2 Å². The van der Waals surface area contributed by atoms with Crippen molar-refractivity contribution in [2.45, 2.75) is 39.0 Å². The summed E-state index contributed by atoms with van der Waals surface area (Å²) in [5.41, 5.74) is 8.23. The van der Waals surface area contributed by atoms with Gasteiger partial charge in [0, 0.05) is 0 Å². The minimum Gasteiger partial charge on any atom is -0.496 e. The van der Waals surface area contributed by atoms with Crippen LogP contribution in [0.25, 0.3) is 0 Å². The average molecular weight is 221 g/mol. The van der Waals surface area contributed by atoms with Crippen molar-refractivity contribution in [2.24, 2.45) is 5.73 Å². The highest BCUT2D eigenvalue weighted by atomic mass is 16.5. The second kappa shape index (κ2) is 5.90. The molecule has 2 N–H and O–H groups in total. The second-order valence-corrected chi connectivity index (χ2v) is 4.63. The van der Waals surface area contributed by atoms with Crippen LogP contribution in [0.4, 0.5) is 0 Å². The number of ether oxygens (including phenoxy) is 1. The highest BCUT2D eigenvalue weighted by Crippen LogP contribution is 2.30. The van der Waals surface area contributed by atoms with E-state index in [1.807, 2.05) is 0 Å². The molecule has 1 atom stereocenters. The molecule has 0 heterocycles. The molecule has 0 aliphatic rings. The lowest BCUT2D eigenvalue weighted by atomic mass is 9.92. The monoisotopic (exact) mass is 221 g/mol. The van der Waals surface area contributed by atoms with E-state index in [0.717, 1.165) is 18.7 Å². The van der Waals surface area contributed by atoms with Crippen LogP contribution in [0.3, 0.4) is 0 Å². The van der Waals surface area contributed by atoms with Gasteiger partial charge in [-0.3, -0.25) is 0 Å². The molecule has 16 heavy (non-hydrogen) atoms. The Morgan fingerprint density at radius 2 is 1.94 bits per heavy atom. The van der Waals surface area contributed by atoms with Crippen LogP contribution in [-0.2, 0) is 0 Å². The van der Waals surface area contributed by atoms with Crippen molar-refractivity contribution in [3.8, 4) is 5.75 Å². The lowest BCUT2D eigenvalue weighted by Gasteiger charge is -2.16. The van der Waals surface area contributed by atoms with Crippen molar-refractivity contribution in [3.63, 3.8) is 0 Å². The molecule has 1 unspecified atom stereocenters. The quantitative estimate of drug-likeness (QED) is 0.828. The summed E-state index contributed by atoms with van der Waals surface area (Å²) in [6.45, 7) is 7.34. The van der Waals surface area contributed by atoms with Crippen LogP contribution in [0, 0.1) is 0 Å². The fourth-order valence-electron chi connectivity index (χ4n) is 1.93. The van der Waals surface area contributed by atoms with E-state index in [-0.39, 0.29) is 0 Å². The SMILES string of the molecule is COc1ccc(C(C)CCN)cc1C(C)C. The first-order valence-electron chi connectivity index (χ1n) is 5.98. The maximum atomic E-state index is 5.60. The molecule has 90 valence electrons. The number of hydrogen-bond donors (Lipinski definition) is 1. The van der Waals surface area contributed by atoms with Crippen LogP contribution < -0.4 is 10.5 Å². The zero-order chi connectivity index (χ0) is 12.1. The topological polar surface area (TPSA) is 35.2 Å². The van der Waals surface area contributed by atoms with Gasteiger partial charge in [0.1, 0.15) is 5.75 Å². The summed E-state index contributed by atoms with van der Waals surface area (Å²) in [5.74, 6) is 1.99. The highest BCUT2D eigenvalue weighted by Gasteiger charge is 2.11. The molecule has 0 amide bonds. The lowest BCUT2D eigenvalue weighted by Crippen LogP contribution is -2.05. The molecule has 0 spiro atoms. The molecule has 1 rings (SSSR count). The van der Waals surface area contributed by atoms with Crippen LogP contribution in [0.5, 0.6) is 5.75 Å². The van der Waals surface area contributed by atoms with E-state index >= 15 is 0 Å². The van der Waals surface area contributed by atoms with Crippen LogP contribution in [-0.4, -0.2) is 13.7 Å². The van der Waals surface area contributed by atoms with Gasteiger partial charge in [0.2, 0.25) is 0 Å². The first-order chi connectivity index (χ1) is 7.60. The molecular weight excluding hydrogens is 198 g/mol. The zero-order valence-electron chi connectivity index (χ0n) is 10.8. The van der Waals surface area contributed by atoms with E-state index in [1.165, 1.54) is 11.1 Å². The third-order valence-corrected chi connectivity index (χ3v) is 3.04. The molecule has 0 aliphatic heterocycles. The molecule has 2 heteroatoms. The van der Waals surface area contributed by atoms with Gasteiger partial charge in [0.15, 0.2) is 0 Å². The summed E-state index contributed by atoms with van der Waals surface area (Å²) in [6, 6.07) is 6.46. The predicted octanol–water partition coefficient (Wildman–Crippen LogP) is 3.27. The summed E-state index contributed by atoms with van der Waals surface area (Å²) in [6.07, 6.45) is 1.03. The van der Waals surface area contributed by atoms with E-state index in [0.29, 0.717) is 11.8 Å². The maximum Gasteiger partial charge on any atom is 0.122 e. The molecule has 0 saturated heterocycles. The smallest absolute Gasteiger partial charge is 0.122 e. The van der Waals surface area contributed by atoms with Gasteiger partial charge in [-0.05, 0) is 42.0 Å². The van der Waals surface area contributed by atoms with Crippen molar-refractivity contribution < 1.29 is 4.74 Å². The van der Waals surface area contributed by atoms with Gasteiger partial charge < -0.3 is 10.5 Å². The summed E-state index contributed by atoms with van der Waals surface area (Å²) in [7, 11) is 1.73. The van der Waals surface area contributed by atoms with Gasteiger partial charge in [0.25, 0.3) is 0 Å². The Morgan fingerprint density at radius 1 is 1.25 bits per heavy atom. The first kappa shape index (κ1) is 13.0. The number of hydrogen-bond acceptors (Lipinski definition) is 2. The Bertz CT molecular complexity index is 334. The van der Waals surface area contributed by atoms with Crippen LogP contribution in [0.2, 0.25) is 0 Å². The van der Waals surface area contributed by atoms with Crippen LogP contribution in [0.1, 0.15) is 50.2 Å². The minimum atomic E-state index is 0.486. The first-order valence-corrected chi connectivity index (χ1v) is 5.98. The summed E-state index contributed by atoms with van der Waals surface area (Å²) in [5, 5.41) is 0. The van der Waals surface area contributed by atoms with E-state index in [9.17, 15) is 0 Å². The molecule has 0 radical (unpaired) electrons. The predicted molar refractivity (Wildman–Crippen MR) is 69.2 cm³/mol. The van der Waals surface area contributed by atoms with Crippen molar-refractivity contribution in [1.29, 1.82) is 0 Å². The summed E-state index contributed by atoms with van der Waals surface area (Å²) in [4.78, 5) is 0. The van der Waals surface area contributed by atoms with E-state index in [2.05, 4.69) is 39.0 Å². The molecule has 1 aromatic rings. The van der Waals surface area contributed by atoms with Gasteiger partial charge in [-0.25, -0.2) is 0 Å². The minimum absolute atomic E-state index is 0.486. The van der Waals surface area contributed by atoms with E-state index in [1.54, 1.807) is 7.11 Å². The largest absolute Gasteiger partial charge is 0.496 e. The number of rotatable bonds is 5. The number of methoxy groups -OCH3 is 1. The van der Waals surface area contributed by atoms with Gasteiger partial charge in [-0.1, -0.05) is 32.9 Å². The Hall–Kier alpha value is -1.02. The molecule has 0 saturated carbocycles. The fourth-order valence-corrected chi connectivity index (χ4v) is 1.93. The molecule has 2 nitrogen and oxygen atoms in total. The van der Waals surface area contributed by atoms with Crippen molar-refractivity contribution >= 4 is 0 Å². The van der Waals surface area contributed by atoms with Gasteiger partial charge in [-0.2, -0.15) is 0 Å². The summed E-state index contributed by atoms with van der Waals surface area (Å²) < 4.78 is 5.38. The Morgan fingerprint density at radius 3 is 2.44 bits per heavy atom. The zero-order valence-corrected chi connectivity index (χ0v) is 10.8. The van der Waals surface area contributed by atoms with E-state index < -0.39 is 0 Å². The average Bonchev–Trinajstić information content (AvgIpc) is 2.28. The molecule has 0 aliphatic carbocycles. The number of nitrogens with two attached hydrogens (primary N) is 1. The molecule has 1 aromatic carbocycles. The van der Waals surface area contributed by atoms with Crippen LogP contribution >= 0.6 is 0 Å². The van der Waals surface area contributed by atoms with Gasteiger partial charge in [0.05, 0.1) is 7.11 Å². The number of benzene rings is 1. The maximum absolute atomic E-state index is 5.60. The normalized spacial score (nSPS) is 12.9. The van der Waals surface area contributed by atoms with E-state index in [4.69, 9.17) is 10.5 Å². The van der Waals surface area contributed by atoms with Crippen molar-refractivity contribution in [1.82, 2.24) is 0 Å². The van der Waals surface area contributed by atoms with Gasteiger partial charge >= 0.3 is 0 Å². The summed E-state index contributed by atoms with van der Waals surface area (Å²) >= 11 is 0. The molecule has 0 aromatic heterocycles. The van der Waals surface area contributed by atoms with Crippen molar-refractivity contribution in [3.05, 3.63) is 29.3 Å². The van der Waals surface area contributed by atoms with Crippen molar-refractivity contribution in [2.75, 3.05) is 13.7 Å². The Kier molecular flexibility index (Phi) is 4.81. The molecular formula is C14H23NO. The standard InChI is InChI=1S/C14H23NO/c1-10(2)13-9-12(11(3)7-8-15)5-6-14(13)16-4/h5-6,9-11H,7-8,15H2,1-4H3. The molecule has 0 fully saturated rings. The third-order valence-electron chi connectivity index (χ3n) is 3.04. The Labute approximate surface area is 98.8 Å². The Balaban J connectivity index is 3.01. The third kappa shape index (κ3) is 2.99. The highest BCUT2D eigenvalue weighted by molar-refractivity contribution is 5.40. The second-order valence-electron chi connectivity index (χ2n) is 4.63. The lowest BCUT2D eigenvalue weighted by molar-refractivity contribution is 0.407. The molecule has 0 bridgehead atoms. The van der Waals surface area contributed by atoms with Gasteiger partial charge in [-0.15, -0.1) is 0 Å². The fraction of sp³-hybridized carbons (Fsp3) is 0.571.